The van der Waals surface area contributed by atoms with Crippen molar-refractivity contribution in [3.63, 3.8) is 0 Å². The summed E-state index contributed by atoms with van der Waals surface area (Å²) < 4.78 is 12.8. The molecule has 2 heterocycles. The number of ether oxygens (including phenoxy) is 2. The molecule has 0 fully saturated rings. The molecule has 2 amide bonds. The number of anilines is 2. The predicted molar refractivity (Wildman–Crippen MR) is 116 cm³/mol. The molecule has 2 N–H and O–H groups in total. The van der Waals surface area contributed by atoms with E-state index < -0.39 is 0 Å². The summed E-state index contributed by atoms with van der Waals surface area (Å²) in [5, 5.41) is 17.8. The normalized spacial score (nSPS) is 10.4. The largest absolute Gasteiger partial charge is 0.492 e. The van der Waals surface area contributed by atoms with Crippen LogP contribution in [0.5, 0.6) is 17.4 Å². The lowest BCUT2D eigenvalue weighted by atomic mass is 10.3. The number of nitrogens with zero attached hydrogens (tertiary/aromatic N) is 4. The van der Waals surface area contributed by atoms with Gasteiger partial charge in [0.1, 0.15) is 11.5 Å². The molecule has 0 saturated carbocycles. The number of nitrogens with one attached hydrogen (secondary N) is 2. The molecular formula is C22H20N6O3. The zero-order valence-electron chi connectivity index (χ0n) is 16.7. The van der Waals surface area contributed by atoms with Gasteiger partial charge in [0, 0.05) is 24.1 Å². The zero-order chi connectivity index (χ0) is 21.5. The topological polar surface area (TPSA) is 103 Å². The summed E-state index contributed by atoms with van der Waals surface area (Å²) >= 11 is 0. The van der Waals surface area contributed by atoms with E-state index >= 15 is 0 Å². The van der Waals surface area contributed by atoms with E-state index in [2.05, 4.69) is 25.9 Å². The van der Waals surface area contributed by atoms with Crippen LogP contribution < -0.4 is 20.1 Å². The Hall–Kier alpha value is -4.40. The van der Waals surface area contributed by atoms with E-state index in [-0.39, 0.29) is 6.03 Å². The lowest BCUT2D eigenvalue weighted by Crippen LogP contribution is -2.19. The van der Waals surface area contributed by atoms with Crippen molar-refractivity contribution in [2.24, 2.45) is 0 Å². The van der Waals surface area contributed by atoms with Crippen LogP contribution in [0.25, 0.3) is 5.82 Å². The summed E-state index contributed by atoms with van der Waals surface area (Å²) in [6.07, 6.45) is 3.45. The Morgan fingerprint density at radius 2 is 1.81 bits per heavy atom. The molecule has 0 bridgehead atoms. The summed E-state index contributed by atoms with van der Waals surface area (Å²) in [6.45, 7) is 2.40. The maximum absolute atomic E-state index is 12.3. The summed E-state index contributed by atoms with van der Waals surface area (Å²) in [5.41, 5.74) is 1.21. The molecule has 0 aliphatic carbocycles. The molecule has 0 radical (unpaired) electrons. The molecule has 156 valence electrons. The first-order chi connectivity index (χ1) is 15.2. The van der Waals surface area contributed by atoms with Gasteiger partial charge in [0.2, 0.25) is 5.88 Å². The Labute approximate surface area is 178 Å². The molecule has 31 heavy (non-hydrogen) atoms. The molecule has 9 nitrogen and oxygen atoms in total. The van der Waals surface area contributed by atoms with Crippen LogP contribution in [0.15, 0.2) is 79.1 Å². The van der Waals surface area contributed by atoms with Crippen molar-refractivity contribution in [3.8, 4) is 23.2 Å². The minimum Gasteiger partial charge on any atom is -0.492 e. The number of hydrogen-bond donors (Lipinski definition) is 2. The van der Waals surface area contributed by atoms with Gasteiger partial charge >= 0.3 is 6.03 Å². The Kier molecular flexibility index (Phi) is 6.03. The third-order valence-corrected chi connectivity index (χ3v) is 4.13. The second-order valence-corrected chi connectivity index (χ2v) is 6.32. The van der Waals surface area contributed by atoms with Crippen LogP contribution in [0.3, 0.4) is 0 Å². The Morgan fingerprint density at radius 1 is 0.968 bits per heavy atom. The average molecular weight is 416 g/mol. The van der Waals surface area contributed by atoms with E-state index in [0.29, 0.717) is 41.2 Å². The molecule has 0 aliphatic rings. The van der Waals surface area contributed by atoms with Crippen molar-refractivity contribution >= 4 is 17.4 Å². The number of carbonyl (C=O) groups excluding carboxylic acids is 1. The standard InChI is InChI=1S/C22H20N6O3/c1-2-30-19-7-4-3-6-18(19)25-22(29)24-16-8-10-17(11-9-16)31-21-13-12-20(26-27-21)28-15-5-14-23-28/h3-15H,2H2,1H3,(H2,24,25,29). The minimum absolute atomic E-state index is 0.349. The number of carbonyl (C=O) groups is 1. The fourth-order valence-electron chi connectivity index (χ4n) is 2.76. The van der Waals surface area contributed by atoms with Gasteiger partial charge in [-0.15, -0.1) is 10.2 Å². The van der Waals surface area contributed by atoms with Crippen molar-refractivity contribution in [2.45, 2.75) is 6.92 Å². The second-order valence-electron chi connectivity index (χ2n) is 6.32. The number of aromatic nitrogens is 4. The van der Waals surface area contributed by atoms with Crippen molar-refractivity contribution in [3.05, 3.63) is 79.1 Å². The number of urea groups is 1. The molecule has 4 rings (SSSR count). The summed E-state index contributed by atoms with van der Waals surface area (Å²) in [6, 6.07) is 19.1. The van der Waals surface area contributed by atoms with E-state index in [0.717, 1.165) is 0 Å². The van der Waals surface area contributed by atoms with Gasteiger partial charge in [0.15, 0.2) is 5.82 Å². The zero-order valence-corrected chi connectivity index (χ0v) is 16.7. The van der Waals surface area contributed by atoms with Gasteiger partial charge in [-0.3, -0.25) is 0 Å². The maximum atomic E-state index is 12.3. The van der Waals surface area contributed by atoms with Crippen LogP contribution in [0.1, 0.15) is 6.92 Å². The Morgan fingerprint density at radius 3 is 2.52 bits per heavy atom. The number of para-hydroxylation sites is 2. The molecular weight excluding hydrogens is 396 g/mol. The molecule has 9 heteroatoms. The monoisotopic (exact) mass is 416 g/mol. The van der Waals surface area contributed by atoms with Gasteiger partial charge < -0.3 is 20.1 Å². The van der Waals surface area contributed by atoms with E-state index in [4.69, 9.17) is 9.47 Å². The lowest BCUT2D eigenvalue weighted by molar-refractivity contribution is 0.262. The van der Waals surface area contributed by atoms with E-state index in [1.807, 2.05) is 19.1 Å². The third-order valence-electron chi connectivity index (χ3n) is 4.13. The van der Waals surface area contributed by atoms with Gasteiger partial charge in [0.05, 0.1) is 12.3 Å². The molecule has 2 aromatic heterocycles. The summed E-state index contributed by atoms with van der Waals surface area (Å²) in [7, 11) is 0. The SMILES string of the molecule is CCOc1ccccc1NC(=O)Nc1ccc(Oc2ccc(-n3cccn3)nn2)cc1. The Balaban J connectivity index is 1.34. The second kappa shape index (κ2) is 9.40. The number of rotatable bonds is 7. The highest BCUT2D eigenvalue weighted by atomic mass is 16.5. The van der Waals surface area contributed by atoms with Gasteiger partial charge in [-0.2, -0.15) is 5.10 Å². The minimum atomic E-state index is -0.374. The van der Waals surface area contributed by atoms with Crippen LogP contribution in [-0.4, -0.2) is 32.6 Å². The van der Waals surface area contributed by atoms with Gasteiger partial charge in [-0.25, -0.2) is 9.48 Å². The predicted octanol–water partition coefficient (Wildman–Crippen LogP) is 4.50. The summed E-state index contributed by atoms with van der Waals surface area (Å²) in [4.78, 5) is 12.3. The van der Waals surface area contributed by atoms with Gasteiger partial charge in [0.25, 0.3) is 0 Å². The van der Waals surface area contributed by atoms with E-state index in [1.165, 1.54) is 0 Å². The first-order valence-electron chi connectivity index (χ1n) is 9.63. The van der Waals surface area contributed by atoms with E-state index in [9.17, 15) is 4.79 Å². The number of hydrogen-bond acceptors (Lipinski definition) is 6. The van der Waals surface area contributed by atoms with Crippen molar-refractivity contribution < 1.29 is 14.3 Å². The fraction of sp³-hybridized carbons (Fsp3) is 0.0909. The smallest absolute Gasteiger partial charge is 0.323 e. The molecule has 0 saturated heterocycles. The molecule has 4 aromatic rings. The maximum Gasteiger partial charge on any atom is 0.323 e. The van der Waals surface area contributed by atoms with Crippen LogP contribution in [0, 0.1) is 0 Å². The first-order valence-corrected chi connectivity index (χ1v) is 9.63. The number of benzene rings is 2. The highest BCUT2D eigenvalue weighted by Crippen LogP contribution is 2.25. The summed E-state index contributed by atoms with van der Waals surface area (Å²) in [5.74, 6) is 2.12. The molecule has 0 spiro atoms. The molecule has 2 aromatic carbocycles. The number of amides is 2. The average Bonchev–Trinajstić information content (AvgIpc) is 3.32. The van der Waals surface area contributed by atoms with Crippen LogP contribution >= 0.6 is 0 Å². The third kappa shape index (κ3) is 5.15. The Bertz CT molecular complexity index is 1130. The van der Waals surface area contributed by atoms with Crippen molar-refractivity contribution in [2.75, 3.05) is 17.2 Å². The fourth-order valence-corrected chi connectivity index (χ4v) is 2.76. The lowest BCUT2D eigenvalue weighted by Gasteiger charge is -2.12. The van der Waals surface area contributed by atoms with Crippen LogP contribution in [-0.2, 0) is 0 Å². The first kappa shape index (κ1) is 19.9. The van der Waals surface area contributed by atoms with Gasteiger partial charge in [-0.05, 0) is 55.5 Å². The van der Waals surface area contributed by atoms with Crippen LogP contribution in [0.2, 0.25) is 0 Å². The van der Waals surface area contributed by atoms with Crippen LogP contribution in [0.4, 0.5) is 16.2 Å². The highest BCUT2D eigenvalue weighted by molar-refractivity contribution is 6.00. The van der Waals surface area contributed by atoms with E-state index in [1.54, 1.807) is 71.7 Å². The molecule has 0 unspecified atom stereocenters. The van der Waals surface area contributed by atoms with Gasteiger partial charge in [-0.1, -0.05) is 12.1 Å². The van der Waals surface area contributed by atoms with Crippen molar-refractivity contribution in [1.29, 1.82) is 0 Å². The highest BCUT2D eigenvalue weighted by Gasteiger charge is 2.08. The quantitative estimate of drug-likeness (QED) is 0.460. The molecule has 0 atom stereocenters. The van der Waals surface area contributed by atoms with Crippen molar-refractivity contribution in [1.82, 2.24) is 20.0 Å². The molecule has 0 aliphatic heterocycles.